The first-order chi connectivity index (χ1) is 9.24. The van der Waals surface area contributed by atoms with Crippen LogP contribution in [0.25, 0.3) is 0 Å². The molecule has 1 fully saturated rings. The molecule has 1 N–H and O–H groups in total. The molecule has 1 aromatic carbocycles. The van der Waals surface area contributed by atoms with Gasteiger partial charge in [0.15, 0.2) is 5.69 Å². The average Bonchev–Trinajstić information content (AvgIpc) is 3.18. The Balaban J connectivity index is 1.77. The number of aromatic nitrogens is 1. The predicted octanol–water partition coefficient (Wildman–Crippen LogP) is 2.86. The number of aryl methyl sites for hydroxylation is 1. The third kappa shape index (κ3) is 2.67. The van der Waals surface area contributed by atoms with Gasteiger partial charge in [-0.3, -0.25) is 4.79 Å². The first kappa shape index (κ1) is 12.0. The van der Waals surface area contributed by atoms with Crippen molar-refractivity contribution in [3.63, 3.8) is 0 Å². The molecule has 1 aliphatic carbocycles. The Morgan fingerprint density at radius 1 is 1.37 bits per heavy atom. The molecular weight excluding hydrogens is 240 g/mol. The normalized spacial score (nSPS) is 16.1. The van der Waals surface area contributed by atoms with E-state index in [2.05, 4.69) is 22.6 Å². The molecule has 19 heavy (non-hydrogen) atoms. The van der Waals surface area contributed by atoms with Gasteiger partial charge in [0.1, 0.15) is 5.76 Å². The highest BCUT2D eigenvalue weighted by molar-refractivity contribution is 5.92. The maximum atomic E-state index is 12.1. The standard InChI is InChI=1S/C15H16N2O2/c1-10-9-13(17-19-10)15(18)16-14(12-7-8-12)11-5-3-2-4-6-11/h2-6,9,12,14H,7-8H2,1H3,(H,16,18). The maximum Gasteiger partial charge on any atom is 0.273 e. The van der Waals surface area contributed by atoms with Crippen molar-refractivity contribution in [2.24, 2.45) is 5.92 Å². The molecule has 0 saturated heterocycles. The van der Waals surface area contributed by atoms with E-state index in [1.165, 1.54) is 0 Å². The van der Waals surface area contributed by atoms with E-state index in [1.807, 2.05) is 18.2 Å². The number of hydrogen-bond donors (Lipinski definition) is 1. The Bertz CT molecular complexity index is 573. The molecule has 0 bridgehead atoms. The summed E-state index contributed by atoms with van der Waals surface area (Å²) in [5, 5.41) is 6.82. The van der Waals surface area contributed by atoms with Gasteiger partial charge in [-0.15, -0.1) is 0 Å². The van der Waals surface area contributed by atoms with Crippen LogP contribution in [0.2, 0.25) is 0 Å². The Morgan fingerprint density at radius 3 is 2.68 bits per heavy atom. The van der Waals surface area contributed by atoms with Crippen molar-refractivity contribution >= 4 is 5.91 Å². The molecule has 4 nitrogen and oxygen atoms in total. The molecule has 98 valence electrons. The molecule has 1 amide bonds. The van der Waals surface area contributed by atoms with E-state index in [0.29, 0.717) is 17.4 Å². The monoisotopic (exact) mass is 256 g/mol. The number of carbonyl (C=O) groups excluding carboxylic acids is 1. The lowest BCUT2D eigenvalue weighted by molar-refractivity contribution is 0.0922. The lowest BCUT2D eigenvalue weighted by Crippen LogP contribution is -2.30. The van der Waals surface area contributed by atoms with Crippen LogP contribution in [0, 0.1) is 12.8 Å². The van der Waals surface area contributed by atoms with Gasteiger partial charge < -0.3 is 9.84 Å². The van der Waals surface area contributed by atoms with Crippen LogP contribution >= 0.6 is 0 Å². The fourth-order valence-corrected chi connectivity index (χ4v) is 2.25. The minimum absolute atomic E-state index is 0.0747. The maximum absolute atomic E-state index is 12.1. The third-order valence-corrected chi connectivity index (χ3v) is 3.40. The zero-order chi connectivity index (χ0) is 13.2. The van der Waals surface area contributed by atoms with Crippen molar-refractivity contribution < 1.29 is 9.32 Å². The van der Waals surface area contributed by atoms with Gasteiger partial charge in [-0.25, -0.2) is 0 Å². The highest BCUT2D eigenvalue weighted by atomic mass is 16.5. The summed E-state index contributed by atoms with van der Waals surface area (Å²) in [6.07, 6.45) is 2.33. The Kier molecular flexibility index (Phi) is 3.07. The van der Waals surface area contributed by atoms with E-state index in [9.17, 15) is 4.79 Å². The quantitative estimate of drug-likeness (QED) is 0.915. The van der Waals surface area contributed by atoms with Crippen molar-refractivity contribution in [2.75, 3.05) is 0 Å². The van der Waals surface area contributed by atoms with Gasteiger partial charge in [0.05, 0.1) is 6.04 Å². The molecule has 3 rings (SSSR count). The summed E-state index contributed by atoms with van der Waals surface area (Å²) in [5.74, 6) is 1.02. The van der Waals surface area contributed by atoms with Crippen LogP contribution in [0.1, 0.15) is 40.7 Å². The van der Waals surface area contributed by atoms with E-state index < -0.39 is 0 Å². The van der Waals surface area contributed by atoms with Crippen molar-refractivity contribution in [3.8, 4) is 0 Å². The number of carbonyl (C=O) groups is 1. The molecule has 1 heterocycles. The Morgan fingerprint density at radius 2 is 2.11 bits per heavy atom. The van der Waals surface area contributed by atoms with Gasteiger partial charge in [-0.05, 0) is 31.2 Å². The number of benzene rings is 1. The topological polar surface area (TPSA) is 55.1 Å². The summed E-state index contributed by atoms with van der Waals surface area (Å²) in [6.45, 7) is 1.78. The smallest absolute Gasteiger partial charge is 0.273 e. The number of nitrogens with zero attached hydrogens (tertiary/aromatic N) is 1. The van der Waals surface area contributed by atoms with Crippen LogP contribution in [-0.4, -0.2) is 11.1 Å². The van der Waals surface area contributed by atoms with E-state index >= 15 is 0 Å². The molecule has 2 aromatic rings. The Hall–Kier alpha value is -2.10. The molecule has 0 radical (unpaired) electrons. The highest BCUT2D eigenvalue weighted by Gasteiger charge is 2.33. The summed E-state index contributed by atoms with van der Waals surface area (Å²) in [7, 11) is 0. The van der Waals surface area contributed by atoms with Crippen LogP contribution in [0.15, 0.2) is 40.9 Å². The third-order valence-electron chi connectivity index (χ3n) is 3.40. The van der Waals surface area contributed by atoms with Crippen molar-refractivity contribution in [2.45, 2.75) is 25.8 Å². The van der Waals surface area contributed by atoms with Gasteiger partial charge >= 0.3 is 0 Å². The summed E-state index contributed by atoms with van der Waals surface area (Å²) in [5.41, 5.74) is 1.50. The number of nitrogens with one attached hydrogen (secondary N) is 1. The number of rotatable bonds is 4. The highest BCUT2D eigenvalue weighted by Crippen LogP contribution is 2.41. The SMILES string of the molecule is Cc1cc(C(=O)NC(c2ccccc2)C2CC2)no1. The lowest BCUT2D eigenvalue weighted by Gasteiger charge is -2.17. The molecule has 0 aliphatic heterocycles. The van der Waals surface area contributed by atoms with Crippen molar-refractivity contribution in [1.29, 1.82) is 0 Å². The molecule has 1 saturated carbocycles. The summed E-state index contributed by atoms with van der Waals surface area (Å²) in [6, 6.07) is 11.8. The van der Waals surface area contributed by atoms with Crippen molar-refractivity contribution in [1.82, 2.24) is 10.5 Å². The average molecular weight is 256 g/mol. The second kappa shape index (κ2) is 4.88. The van der Waals surface area contributed by atoms with Crippen LogP contribution in [0.5, 0.6) is 0 Å². The molecule has 1 aromatic heterocycles. The summed E-state index contributed by atoms with van der Waals surface area (Å²) >= 11 is 0. The molecular formula is C15H16N2O2. The molecule has 1 unspecified atom stereocenters. The van der Waals surface area contributed by atoms with Gasteiger partial charge in [0.25, 0.3) is 5.91 Å². The molecule has 4 heteroatoms. The molecule has 1 aliphatic rings. The number of hydrogen-bond acceptors (Lipinski definition) is 3. The van der Waals surface area contributed by atoms with Gasteiger partial charge in [-0.2, -0.15) is 0 Å². The second-order valence-electron chi connectivity index (χ2n) is 5.02. The largest absolute Gasteiger partial charge is 0.361 e. The zero-order valence-corrected chi connectivity index (χ0v) is 10.8. The second-order valence-corrected chi connectivity index (χ2v) is 5.02. The van der Waals surface area contributed by atoms with E-state index in [-0.39, 0.29) is 11.9 Å². The van der Waals surface area contributed by atoms with E-state index in [4.69, 9.17) is 4.52 Å². The van der Waals surface area contributed by atoms with Gasteiger partial charge in [-0.1, -0.05) is 35.5 Å². The zero-order valence-electron chi connectivity index (χ0n) is 10.8. The van der Waals surface area contributed by atoms with Gasteiger partial charge in [0, 0.05) is 6.07 Å². The summed E-state index contributed by atoms with van der Waals surface area (Å²) in [4.78, 5) is 12.1. The van der Waals surface area contributed by atoms with Crippen LogP contribution in [-0.2, 0) is 0 Å². The fourth-order valence-electron chi connectivity index (χ4n) is 2.25. The predicted molar refractivity (Wildman–Crippen MR) is 70.6 cm³/mol. The Labute approximate surface area is 111 Å². The first-order valence-corrected chi connectivity index (χ1v) is 6.53. The number of amides is 1. The lowest BCUT2D eigenvalue weighted by atomic mass is 10.0. The molecule has 1 atom stereocenters. The van der Waals surface area contributed by atoms with Gasteiger partial charge in [0.2, 0.25) is 0 Å². The van der Waals surface area contributed by atoms with Crippen LogP contribution < -0.4 is 5.32 Å². The minimum Gasteiger partial charge on any atom is -0.361 e. The van der Waals surface area contributed by atoms with Crippen molar-refractivity contribution in [3.05, 3.63) is 53.4 Å². The first-order valence-electron chi connectivity index (χ1n) is 6.53. The van der Waals surface area contributed by atoms with E-state index in [0.717, 1.165) is 18.4 Å². The van der Waals surface area contributed by atoms with Crippen LogP contribution in [0.4, 0.5) is 0 Å². The summed E-state index contributed by atoms with van der Waals surface area (Å²) < 4.78 is 4.94. The van der Waals surface area contributed by atoms with Crippen LogP contribution in [0.3, 0.4) is 0 Å². The molecule has 0 spiro atoms. The fraction of sp³-hybridized carbons (Fsp3) is 0.333. The minimum atomic E-state index is -0.169. The van der Waals surface area contributed by atoms with E-state index in [1.54, 1.807) is 13.0 Å².